The maximum absolute atomic E-state index is 13.2. The Morgan fingerprint density at radius 2 is 1.86 bits per heavy atom. The van der Waals surface area contributed by atoms with Crippen LogP contribution in [0.3, 0.4) is 0 Å². The molecule has 0 saturated heterocycles. The van der Waals surface area contributed by atoms with E-state index in [4.69, 9.17) is 16.6 Å². The summed E-state index contributed by atoms with van der Waals surface area (Å²) in [5.41, 5.74) is 4.37. The smallest absolute Gasteiger partial charge is 0.281 e. The van der Waals surface area contributed by atoms with Gasteiger partial charge < -0.3 is 0 Å². The SMILES string of the molecule is CCn1cc2nc(SCc3ccccc3C)n(Cc3ccc(Cl)cc3)c(=O)c2n1. The molecule has 2 aromatic heterocycles. The van der Waals surface area contributed by atoms with Gasteiger partial charge >= 0.3 is 0 Å². The predicted molar refractivity (Wildman–Crippen MR) is 119 cm³/mol. The van der Waals surface area contributed by atoms with Gasteiger partial charge in [0.25, 0.3) is 5.56 Å². The number of aromatic nitrogens is 4. The van der Waals surface area contributed by atoms with Crippen molar-refractivity contribution in [1.29, 1.82) is 0 Å². The van der Waals surface area contributed by atoms with Crippen molar-refractivity contribution in [3.8, 4) is 0 Å². The van der Waals surface area contributed by atoms with Crippen LogP contribution in [0.2, 0.25) is 5.02 Å². The third-order valence-corrected chi connectivity index (χ3v) is 6.11. The highest BCUT2D eigenvalue weighted by molar-refractivity contribution is 7.98. The fourth-order valence-electron chi connectivity index (χ4n) is 3.12. The molecule has 0 unspecified atom stereocenters. The van der Waals surface area contributed by atoms with Crippen LogP contribution >= 0.6 is 23.4 Å². The molecule has 0 amide bonds. The summed E-state index contributed by atoms with van der Waals surface area (Å²) in [5, 5.41) is 5.77. The van der Waals surface area contributed by atoms with Crippen molar-refractivity contribution >= 4 is 34.4 Å². The molecule has 0 radical (unpaired) electrons. The van der Waals surface area contributed by atoms with Crippen molar-refractivity contribution in [3.63, 3.8) is 0 Å². The second-order valence-corrected chi connectivity index (χ2v) is 8.22. The van der Waals surface area contributed by atoms with Crippen molar-refractivity contribution in [2.24, 2.45) is 0 Å². The van der Waals surface area contributed by atoms with Crippen LogP contribution in [0.5, 0.6) is 0 Å². The van der Waals surface area contributed by atoms with E-state index in [9.17, 15) is 4.79 Å². The van der Waals surface area contributed by atoms with E-state index < -0.39 is 0 Å². The summed E-state index contributed by atoms with van der Waals surface area (Å²) >= 11 is 7.58. The minimum atomic E-state index is -0.121. The van der Waals surface area contributed by atoms with Crippen molar-refractivity contribution in [2.75, 3.05) is 0 Å². The third kappa shape index (κ3) is 4.23. The number of thioether (sulfide) groups is 1. The van der Waals surface area contributed by atoms with Crippen LogP contribution in [0.1, 0.15) is 23.6 Å². The molecule has 0 fully saturated rings. The standard InChI is InChI=1S/C22H21ClN4OS/c1-3-26-13-19-20(25-26)21(28)27(12-16-8-10-18(23)11-9-16)22(24-19)29-14-17-7-5-4-6-15(17)2/h4-11,13H,3,12,14H2,1-2H3. The molecule has 0 aliphatic rings. The lowest BCUT2D eigenvalue weighted by molar-refractivity contribution is 0.650. The molecule has 2 heterocycles. The van der Waals surface area contributed by atoms with Gasteiger partial charge in [0.05, 0.1) is 12.7 Å². The average Bonchev–Trinajstić information content (AvgIpc) is 3.15. The molecular formula is C22H21ClN4OS. The summed E-state index contributed by atoms with van der Waals surface area (Å²) in [6, 6.07) is 15.8. The number of rotatable bonds is 6. The van der Waals surface area contributed by atoms with E-state index in [1.807, 2.05) is 49.5 Å². The fourth-order valence-corrected chi connectivity index (χ4v) is 4.32. The second kappa shape index (κ2) is 8.43. The highest BCUT2D eigenvalue weighted by atomic mass is 35.5. The number of nitrogens with zero attached hydrogens (tertiary/aromatic N) is 4. The summed E-state index contributed by atoms with van der Waals surface area (Å²) < 4.78 is 3.46. The Kier molecular flexibility index (Phi) is 5.74. The number of fused-ring (bicyclic) bond motifs is 1. The Hall–Kier alpha value is -2.57. The van der Waals surface area contributed by atoms with Crippen molar-refractivity contribution in [2.45, 2.75) is 37.8 Å². The molecule has 4 rings (SSSR count). The minimum absolute atomic E-state index is 0.121. The van der Waals surface area contributed by atoms with Crippen molar-refractivity contribution in [3.05, 3.63) is 86.8 Å². The average molecular weight is 425 g/mol. The van der Waals surface area contributed by atoms with Crippen molar-refractivity contribution in [1.82, 2.24) is 19.3 Å². The van der Waals surface area contributed by atoms with Gasteiger partial charge in [-0.05, 0) is 42.7 Å². The monoisotopic (exact) mass is 424 g/mol. The molecule has 0 atom stereocenters. The maximum Gasteiger partial charge on any atom is 0.282 e. The highest BCUT2D eigenvalue weighted by Gasteiger charge is 2.15. The Bertz CT molecular complexity index is 1210. The molecule has 0 spiro atoms. The summed E-state index contributed by atoms with van der Waals surface area (Å²) in [6.45, 7) is 5.21. The first kappa shape index (κ1) is 19.7. The van der Waals surface area contributed by atoms with Crippen LogP contribution < -0.4 is 5.56 Å². The zero-order valence-electron chi connectivity index (χ0n) is 16.3. The number of hydrogen-bond acceptors (Lipinski definition) is 4. The quantitative estimate of drug-likeness (QED) is 0.326. The molecule has 29 heavy (non-hydrogen) atoms. The number of benzene rings is 2. The molecular weight excluding hydrogens is 404 g/mol. The summed E-state index contributed by atoms with van der Waals surface area (Å²) in [5.74, 6) is 0.743. The zero-order chi connectivity index (χ0) is 20.4. The molecule has 0 aliphatic carbocycles. The van der Waals surface area contributed by atoms with Gasteiger partial charge in [-0.3, -0.25) is 14.0 Å². The Morgan fingerprint density at radius 3 is 2.59 bits per heavy atom. The topological polar surface area (TPSA) is 52.7 Å². The van der Waals surface area contributed by atoms with Gasteiger partial charge in [-0.1, -0.05) is 59.8 Å². The molecule has 0 N–H and O–H groups in total. The lowest BCUT2D eigenvalue weighted by Gasteiger charge is -2.12. The first-order chi connectivity index (χ1) is 14.0. The minimum Gasteiger partial charge on any atom is -0.281 e. The summed E-state index contributed by atoms with van der Waals surface area (Å²) in [4.78, 5) is 18.0. The van der Waals surface area contributed by atoms with E-state index in [2.05, 4.69) is 24.2 Å². The van der Waals surface area contributed by atoms with Crippen LogP contribution in [-0.2, 0) is 18.8 Å². The van der Waals surface area contributed by atoms with Crippen LogP contribution in [-0.4, -0.2) is 19.3 Å². The Labute approximate surface area is 178 Å². The molecule has 7 heteroatoms. The van der Waals surface area contributed by atoms with Crippen LogP contribution in [0.15, 0.2) is 64.7 Å². The maximum atomic E-state index is 13.2. The van der Waals surface area contributed by atoms with E-state index in [-0.39, 0.29) is 5.56 Å². The molecule has 148 valence electrons. The van der Waals surface area contributed by atoms with Crippen LogP contribution in [0, 0.1) is 6.92 Å². The fraction of sp³-hybridized carbons (Fsp3) is 0.227. The van der Waals surface area contributed by atoms with E-state index in [0.29, 0.717) is 34.3 Å². The van der Waals surface area contributed by atoms with Crippen molar-refractivity contribution < 1.29 is 0 Å². The van der Waals surface area contributed by atoms with Gasteiger partial charge in [-0.15, -0.1) is 0 Å². The van der Waals surface area contributed by atoms with E-state index >= 15 is 0 Å². The largest absolute Gasteiger partial charge is 0.282 e. The molecule has 0 aliphatic heterocycles. The third-order valence-electron chi connectivity index (χ3n) is 4.83. The van der Waals surface area contributed by atoms with Gasteiger partial charge in [0.2, 0.25) is 0 Å². The predicted octanol–water partition coefficient (Wildman–Crippen LogP) is 4.92. The van der Waals surface area contributed by atoms with E-state index in [0.717, 1.165) is 11.3 Å². The lowest BCUT2D eigenvalue weighted by Crippen LogP contribution is -2.24. The molecule has 5 nitrogen and oxygen atoms in total. The normalized spacial score (nSPS) is 11.3. The van der Waals surface area contributed by atoms with Gasteiger partial charge in [-0.2, -0.15) is 5.10 Å². The number of aryl methyl sites for hydroxylation is 2. The summed E-state index contributed by atoms with van der Waals surface area (Å²) in [6.07, 6.45) is 1.83. The first-order valence-electron chi connectivity index (χ1n) is 9.45. The van der Waals surface area contributed by atoms with Gasteiger partial charge in [-0.25, -0.2) is 4.98 Å². The number of hydrogen-bond donors (Lipinski definition) is 0. The van der Waals surface area contributed by atoms with E-state index in [1.165, 1.54) is 11.1 Å². The lowest BCUT2D eigenvalue weighted by atomic mass is 10.1. The first-order valence-corrected chi connectivity index (χ1v) is 10.8. The van der Waals surface area contributed by atoms with E-state index in [1.54, 1.807) is 21.0 Å². The molecule has 0 saturated carbocycles. The van der Waals surface area contributed by atoms with Gasteiger partial charge in [0.15, 0.2) is 10.7 Å². The Balaban J connectivity index is 1.76. The van der Waals surface area contributed by atoms with Crippen LogP contribution in [0.4, 0.5) is 0 Å². The highest BCUT2D eigenvalue weighted by Crippen LogP contribution is 2.24. The molecule has 2 aromatic carbocycles. The summed E-state index contributed by atoms with van der Waals surface area (Å²) in [7, 11) is 0. The number of halogens is 1. The molecule has 0 bridgehead atoms. The Morgan fingerprint density at radius 1 is 1.10 bits per heavy atom. The van der Waals surface area contributed by atoms with Gasteiger partial charge in [0, 0.05) is 17.3 Å². The van der Waals surface area contributed by atoms with Gasteiger partial charge in [0.1, 0.15) is 5.52 Å². The zero-order valence-corrected chi connectivity index (χ0v) is 17.9. The van der Waals surface area contributed by atoms with Crippen LogP contribution in [0.25, 0.3) is 11.0 Å². The molecule has 4 aromatic rings. The second-order valence-electron chi connectivity index (χ2n) is 6.85.